The van der Waals surface area contributed by atoms with Crippen LogP contribution < -0.4 is 25.7 Å². The Bertz CT molecular complexity index is 1280. The third-order valence-electron chi connectivity index (χ3n) is 5.70. The number of alkyl halides is 3. The van der Waals surface area contributed by atoms with Crippen molar-refractivity contribution in [3.05, 3.63) is 63.4 Å². The number of ether oxygens (including phenoxy) is 2. The maximum atomic E-state index is 12.9. The number of carbonyl (C=O) groups is 1. The molecule has 0 saturated carbocycles. The van der Waals surface area contributed by atoms with Crippen LogP contribution in [0.1, 0.15) is 23.2 Å². The Morgan fingerprint density at radius 3 is 2.29 bits per heavy atom. The molecule has 0 unspecified atom stereocenters. The number of aromatic nitrogens is 1. The van der Waals surface area contributed by atoms with Crippen molar-refractivity contribution in [2.24, 2.45) is 12.8 Å². The smallest absolute Gasteiger partial charge is 0.490 e. The van der Waals surface area contributed by atoms with Crippen molar-refractivity contribution in [2.45, 2.75) is 25.3 Å². The summed E-state index contributed by atoms with van der Waals surface area (Å²) >= 11 is 6.12. The number of piperidine rings is 1. The molecule has 0 spiro atoms. The Balaban J connectivity index is 1.54. The van der Waals surface area contributed by atoms with E-state index < -0.39 is 17.8 Å². The van der Waals surface area contributed by atoms with E-state index in [1.807, 2.05) is 4.90 Å². The standard InChI is InChI=1S/C23H21ClF3N3O4/c1-29-18-12-13(24)2-7-17(18)20(19(21(28)31)22(29)32)30-10-8-15(9-11-30)33-14-3-5-16(6-4-14)34-23(25,26)27/h2-7,12,15H,8-11H2,1H3,(H2,28,31). The molecule has 2 aromatic carbocycles. The highest BCUT2D eigenvalue weighted by atomic mass is 35.5. The van der Waals surface area contributed by atoms with Gasteiger partial charge in [-0.2, -0.15) is 0 Å². The van der Waals surface area contributed by atoms with Gasteiger partial charge in [-0.1, -0.05) is 11.6 Å². The lowest BCUT2D eigenvalue weighted by molar-refractivity contribution is -0.274. The number of pyridine rings is 1. The van der Waals surface area contributed by atoms with Crippen molar-refractivity contribution in [3.8, 4) is 11.5 Å². The van der Waals surface area contributed by atoms with Gasteiger partial charge in [0.15, 0.2) is 0 Å². The van der Waals surface area contributed by atoms with E-state index in [9.17, 15) is 22.8 Å². The van der Waals surface area contributed by atoms with Crippen molar-refractivity contribution >= 4 is 34.1 Å². The van der Waals surface area contributed by atoms with Crippen LogP contribution in [0.5, 0.6) is 11.5 Å². The molecule has 1 saturated heterocycles. The van der Waals surface area contributed by atoms with Crippen LogP contribution in [-0.2, 0) is 7.05 Å². The Kier molecular flexibility index (Phi) is 6.35. The van der Waals surface area contributed by atoms with Crippen LogP contribution in [0.15, 0.2) is 47.3 Å². The molecule has 180 valence electrons. The number of nitrogens with zero attached hydrogens (tertiary/aromatic N) is 2. The third-order valence-corrected chi connectivity index (χ3v) is 5.93. The molecule has 2 heterocycles. The van der Waals surface area contributed by atoms with Gasteiger partial charge in [0.2, 0.25) is 0 Å². The number of aryl methyl sites for hydroxylation is 1. The SMILES string of the molecule is Cn1c(=O)c(C(N)=O)c(N2CCC(Oc3ccc(OC(F)(F)F)cc3)CC2)c2ccc(Cl)cc21. The van der Waals surface area contributed by atoms with Crippen LogP contribution >= 0.6 is 11.6 Å². The summed E-state index contributed by atoms with van der Waals surface area (Å²) in [5, 5.41) is 1.14. The molecule has 7 nitrogen and oxygen atoms in total. The van der Waals surface area contributed by atoms with Crippen LogP contribution in [0.25, 0.3) is 10.9 Å². The summed E-state index contributed by atoms with van der Waals surface area (Å²) in [5.74, 6) is -0.724. The number of hydrogen-bond donors (Lipinski definition) is 1. The van der Waals surface area contributed by atoms with Gasteiger partial charge in [0.25, 0.3) is 11.5 Å². The molecule has 0 radical (unpaired) electrons. The van der Waals surface area contributed by atoms with Crippen molar-refractivity contribution in [3.63, 3.8) is 0 Å². The highest BCUT2D eigenvalue weighted by molar-refractivity contribution is 6.31. The van der Waals surface area contributed by atoms with E-state index in [0.29, 0.717) is 53.3 Å². The van der Waals surface area contributed by atoms with E-state index >= 15 is 0 Å². The zero-order chi connectivity index (χ0) is 24.6. The summed E-state index contributed by atoms with van der Waals surface area (Å²) < 4.78 is 48.1. The van der Waals surface area contributed by atoms with Crippen LogP contribution in [0.4, 0.5) is 18.9 Å². The first-order valence-electron chi connectivity index (χ1n) is 10.4. The molecule has 0 atom stereocenters. The first kappa shape index (κ1) is 23.7. The first-order chi connectivity index (χ1) is 16.0. The van der Waals surface area contributed by atoms with Gasteiger partial charge in [-0.3, -0.25) is 9.59 Å². The van der Waals surface area contributed by atoms with Gasteiger partial charge in [-0.05, 0) is 42.5 Å². The quantitative estimate of drug-likeness (QED) is 0.572. The molecule has 0 aliphatic carbocycles. The molecule has 11 heteroatoms. The number of amides is 1. The Labute approximate surface area is 197 Å². The minimum atomic E-state index is -4.76. The molecule has 1 fully saturated rings. The molecule has 1 aromatic heterocycles. The number of carbonyl (C=O) groups excluding carboxylic acids is 1. The first-order valence-corrected chi connectivity index (χ1v) is 10.8. The highest BCUT2D eigenvalue weighted by Gasteiger charge is 2.31. The van der Waals surface area contributed by atoms with Gasteiger partial charge in [0.05, 0.1) is 11.2 Å². The van der Waals surface area contributed by atoms with Crippen LogP contribution in [-0.4, -0.2) is 36.0 Å². The Hall–Kier alpha value is -3.40. The molecule has 34 heavy (non-hydrogen) atoms. The fourth-order valence-electron chi connectivity index (χ4n) is 4.16. The van der Waals surface area contributed by atoms with E-state index in [2.05, 4.69) is 4.74 Å². The number of primary amides is 1. The number of anilines is 1. The minimum Gasteiger partial charge on any atom is -0.490 e. The number of rotatable bonds is 5. The van der Waals surface area contributed by atoms with E-state index in [0.717, 1.165) is 0 Å². The number of fused-ring (bicyclic) bond motifs is 1. The highest BCUT2D eigenvalue weighted by Crippen LogP contribution is 2.33. The summed E-state index contributed by atoms with van der Waals surface area (Å²) in [4.78, 5) is 27.1. The van der Waals surface area contributed by atoms with Gasteiger partial charge in [-0.25, -0.2) is 0 Å². The Morgan fingerprint density at radius 2 is 1.71 bits per heavy atom. The van der Waals surface area contributed by atoms with E-state index in [4.69, 9.17) is 22.1 Å². The zero-order valence-corrected chi connectivity index (χ0v) is 18.8. The molecular weight excluding hydrogens is 475 g/mol. The fourth-order valence-corrected chi connectivity index (χ4v) is 4.32. The second-order valence-corrected chi connectivity index (χ2v) is 8.37. The van der Waals surface area contributed by atoms with Gasteiger partial charge in [0, 0.05) is 43.4 Å². The van der Waals surface area contributed by atoms with Crippen LogP contribution in [0, 0.1) is 0 Å². The molecule has 3 aromatic rings. The topological polar surface area (TPSA) is 86.8 Å². The molecule has 2 N–H and O–H groups in total. The molecular formula is C23H21ClF3N3O4. The van der Waals surface area contributed by atoms with Crippen molar-refractivity contribution in [1.29, 1.82) is 0 Å². The van der Waals surface area contributed by atoms with Crippen molar-refractivity contribution < 1.29 is 27.4 Å². The molecule has 1 amide bonds. The van der Waals surface area contributed by atoms with Gasteiger partial charge in [-0.15, -0.1) is 13.2 Å². The maximum Gasteiger partial charge on any atom is 0.573 e. The number of nitrogens with two attached hydrogens (primary N) is 1. The van der Waals surface area contributed by atoms with E-state index in [1.165, 1.54) is 28.8 Å². The second kappa shape index (κ2) is 9.09. The summed E-state index contributed by atoms with van der Waals surface area (Å²) in [6.07, 6.45) is -3.84. The molecule has 0 bridgehead atoms. The van der Waals surface area contributed by atoms with Crippen molar-refractivity contribution in [2.75, 3.05) is 18.0 Å². The lowest BCUT2D eigenvalue weighted by Gasteiger charge is -2.35. The summed E-state index contributed by atoms with van der Waals surface area (Å²) in [6, 6.07) is 10.3. The maximum absolute atomic E-state index is 12.9. The predicted octanol–water partition coefficient (Wildman–Crippen LogP) is 4.24. The summed E-state index contributed by atoms with van der Waals surface area (Å²) in [6.45, 7) is 0.955. The average molecular weight is 496 g/mol. The monoisotopic (exact) mass is 495 g/mol. The van der Waals surface area contributed by atoms with E-state index in [-0.39, 0.29) is 17.4 Å². The van der Waals surface area contributed by atoms with Crippen LogP contribution in [0.2, 0.25) is 5.02 Å². The molecule has 1 aliphatic heterocycles. The predicted molar refractivity (Wildman–Crippen MR) is 122 cm³/mol. The Morgan fingerprint density at radius 1 is 1.09 bits per heavy atom. The van der Waals surface area contributed by atoms with Crippen molar-refractivity contribution in [1.82, 2.24) is 4.57 Å². The number of halogens is 4. The number of hydrogen-bond acceptors (Lipinski definition) is 5. The lowest BCUT2D eigenvalue weighted by atomic mass is 10.0. The lowest BCUT2D eigenvalue weighted by Crippen LogP contribution is -2.41. The van der Waals surface area contributed by atoms with Gasteiger partial charge < -0.3 is 24.7 Å². The van der Waals surface area contributed by atoms with E-state index in [1.54, 1.807) is 25.2 Å². The molecule has 4 rings (SSSR count). The summed E-state index contributed by atoms with van der Waals surface area (Å²) in [7, 11) is 1.56. The second-order valence-electron chi connectivity index (χ2n) is 7.94. The summed E-state index contributed by atoms with van der Waals surface area (Å²) in [5.41, 5.74) is 6.04. The van der Waals surface area contributed by atoms with Gasteiger partial charge >= 0.3 is 6.36 Å². The minimum absolute atomic E-state index is 0.0862. The largest absolute Gasteiger partial charge is 0.573 e. The molecule has 1 aliphatic rings. The normalized spacial score (nSPS) is 14.9. The van der Waals surface area contributed by atoms with Crippen LogP contribution in [0.3, 0.4) is 0 Å². The average Bonchev–Trinajstić information content (AvgIpc) is 2.77. The zero-order valence-electron chi connectivity index (χ0n) is 18.1. The fraction of sp³-hybridized carbons (Fsp3) is 0.304. The number of benzene rings is 2. The van der Waals surface area contributed by atoms with Gasteiger partial charge in [0.1, 0.15) is 23.2 Å². The third kappa shape index (κ3) is 4.91.